The highest BCUT2D eigenvalue weighted by atomic mass is 32.1. The number of hydrogen-bond acceptors (Lipinski definition) is 6. The molecular weight excluding hydrogens is 461 g/mol. The van der Waals surface area contributed by atoms with Crippen LogP contribution >= 0.6 is 12.2 Å². The zero-order valence-corrected chi connectivity index (χ0v) is 18.3. The van der Waals surface area contributed by atoms with Gasteiger partial charge in [0, 0.05) is 12.1 Å². The van der Waals surface area contributed by atoms with Gasteiger partial charge in [-0.25, -0.2) is 4.39 Å². The molecule has 3 aromatic rings. The molecule has 1 N–H and O–H groups in total. The van der Waals surface area contributed by atoms with Gasteiger partial charge in [0.2, 0.25) is 0 Å². The van der Waals surface area contributed by atoms with Crippen molar-refractivity contribution >= 4 is 46.6 Å². The zero-order valence-electron chi connectivity index (χ0n) is 17.4. The highest BCUT2D eigenvalue weighted by Crippen LogP contribution is 2.23. The molecule has 3 aromatic carbocycles. The van der Waals surface area contributed by atoms with Crippen LogP contribution in [0.25, 0.3) is 6.08 Å². The Kier molecular flexibility index (Phi) is 6.42. The van der Waals surface area contributed by atoms with Gasteiger partial charge in [0.05, 0.1) is 10.6 Å². The molecule has 1 heterocycles. The van der Waals surface area contributed by atoms with Gasteiger partial charge in [-0.2, -0.15) is 0 Å². The minimum atomic E-state index is -0.639. The van der Waals surface area contributed by atoms with E-state index in [0.29, 0.717) is 22.6 Å². The molecule has 10 heteroatoms. The second-order valence-electron chi connectivity index (χ2n) is 7.22. The van der Waals surface area contributed by atoms with Crippen molar-refractivity contribution < 1.29 is 23.6 Å². The smallest absolute Gasteiger partial charge is 0.270 e. The Morgan fingerprint density at radius 2 is 1.76 bits per heavy atom. The Labute approximate surface area is 198 Å². The molecule has 0 aliphatic carbocycles. The standard InChI is InChI=1S/C24H16FN3O5S/c25-17-6-8-18(9-7-17)27-23(30)21(22(29)26-24(27)34)13-15-4-10-20(11-5-15)33-14-16-2-1-3-19(12-16)28(31)32/h1-13H,14H2,(H,26,29,34)/b21-13-. The number of nitro benzene ring substituents is 1. The lowest BCUT2D eigenvalue weighted by Crippen LogP contribution is -2.54. The molecule has 0 unspecified atom stereocenters. The number of halogens is 1. The molecule has 0 spiro atoms. The number of nitro groups is 1. The van der Waals surface area contributed by atoms with E-state index in [0.717, 1.165) is 4.90 Å². The van der Waals surface area contributed by atoms with Crippen LogP contribution in [-0.4, -0.2) is 21.9 Å². The SMILES string of the molecule is O=C1NC(=S)N(c2ccc(F)cc2)C(=O)/C1=C\c1ccc(OCc2cccc([N+](=O)[O-])c2)cc1. The number of carbonyl (C=O) groups is 2. The summed E-state index contributed by atoms with van der Waals surface area (Å²) in [7, 11) is 0. The molecule has 0 aromatic heterocycles. The molecule has 1 saturated heterocycles. The summed E-state index contributed by atoms with van der Waals surface area (Å²) in [4.78, 5) is 36.9. The lowest BCUT2D eigenvalue weighted by molar-refractivity contribution is -0.384. The number of non-ortho nitro benzene ring substituents is 1. The highest BCUT2D eigenvalue weighted by Gasteiger charge is 2.34. The van der Waals surface area contributed by atoms with Gasteiger partial charge in [0.1, 0.15) is 23.7 Å². The molecule has 170 valence electrons. The van der Waals surface area contributed by atoms with Crippen molar-refractivity contribution in [2.45, 2.75) is 6.61 Å². The van der Waals surface area contributed by atoms with E-state index in [2.05, 4.69) is 5.32 Å². The summed E-state index contributed by atoms with van der Waals surface area (Å²) < 4.78 is 18.9. The van der Waals surface area contributed by atoms with Gasteiger partial charge in [-0.1, -0.05) is 24.3 Å². The number of nitrogens with one attached hydrogen (secondary N) is 1. The van der Waals surface area contributed by atoms with E-state index < -0.39 is 22.6 Å². The van der Waals surface area contributed by atoms with Crippen LogP contribution in [0.5, 0.6) is 5.75 Å². The van der Waals surface area contributed by atoms with Crippen LogP contribution < -0.4 is 15.0 Å². The maximum atomic E-state index is 13.3. The molecular formula is C24H16FN3O5S. The number of nitrogens with zero attached hydrogens (tertiary/aromatic N) is 2. The maximum absolute atomic E-state index is 13.3. The number of anilines is 1. The number of ether oxygens (including phenoxy) is 1. The Morgan fingerprint density at radius 1 is 1.06 bits per heavy atom. The number of hydrogen-bond donors (Lipinski definition) is 1. The lowest BCUT2D eigenvalue weighted by atomic mass is 10.1. The second kappa shape index (κ2) is 9.59. The summed E-state index contributed by atoms with van der Waals surface area (Å²) in [5, 5.41) is 13.3. The minimum absolute atomic E-state index is 0.0207. The first-order valence-corrected chi connectivity index (χ1v) is 10.4. The predicted molar refractivity (Wildman–Crippen MR) is 126 cm³/mol. The summed E-state index contributed by atoms with van der Waals surface area (Å²) in [6.07, 6.45) is 1.42. The van der Waals surface area contributed by atoms with Gasteiger partial charge >= 0.3 is 0 Å². The quantitative estimate of drug-likeness (QED) is 0.188. The van der Waals surface area contributed by atoms with Crippen LogP contribution in [-0.2, 0) is 16.2 Å². The van der Waals surface area contributed by atoms with Gasteiger partial charge in [-0.3, -0.25) is 29.9 Å². The second-order valence-corrected chi connectivity index (χ2v) is 7.61. The monoisotopic (exact) mass is 477 g/mol. The third-order valence-electron chi connectivity index (χ3n) is 4.90. The van der Waals surface area contributed by atoms with Crippen molar-refractivity contribution in [3.63, 3.8) is 0 Å². The molecule has 1 fully saturated rings. The molecule has 1 aliphatic rings. The first kappa shape index (κ1) is 22.7. The third kappa shape index (κ3) is 4.97. The average molecular weight is 477 g/mol. The average Bonchev–Trinajstić information content (AvgIpc) is 2.82. The van der Waals surface area contributed by atoms with Crippen LogP contribution in [0, 0.1) is 15.9 Å². The minimum Gasteiger partial charge on any atom is -0.489 e. The number of amides is 2. The number of rotatable bonds is 6. The fraction of sp³-hybridized carbons (Fsp3) is 0.0417. The summed E-state index contributed by atoms with van der Waals surface area (Å²) in [5.74, 6) is -1.24. The van der Waals surface area contributed by atoms with E-state index in [1.165, 1.54) is 42.5 Å². The largest absolute Gasteiger partial charge is 0.489 e. The van der Waals surface area contributed by atoms with Crippen LogP contribution in [0.1, 0.15) is 11.1 Å². The summed E-state index contributed by atoms with van der Waals surface area (Å²) >= 11 is 5.12. The van der Waals surface area contributed by atoms with Crippen molar-refractivity contribution in [3.8, 4) is 5.75 Å². The molecule has 2 amide bonds. The van der Waals surface area contributed by atoms with Gasteiger partial charge in [-0.15, -0.1) is 0 Å². The fourth-order valence-electron chi connectivity index (χ4n) is 3.24. The van der Waals surface area contributed by atoms with E-state index in [4.69, 9.17) is 17.0 Å². The van der Waals surface area contributed by atoms with E-state index >= 15 is 0 Å². The maximum Gasteiger partial charge on any atom is 0.270 e. The van der Waals surface area contributed by atoms with E-state index in [-0.39, 0.29) is 23.0 Å². The topological polar surface area (TPSA) is 102 Å². The molecule has 34 heavy (non-hydrogen) atoms. The van der Waals surface area contributed by atoms with E-state index in [1.807, 2.05) is 0 Å². The Hall–Kier alpha value is -4.44. The van der Waals surface area contributed by atoms with Gasteiger partial charge < -0.3 is 4.74 Å². The summed E-state index contributed by atoms with van der Waals surface area (Å²) in [5.41, 5.74) is 1.37. The number of thiocarbonyl (C=S) groups is 1. The molecule has 8 nitrogen and oxygen atoms in total. The fourth-order valence-corrected chi connectivity index (χ4v) is 3.52. The van der Waals surface area contributed by atoms with Crippen LogP contribution in [0.4, 0.5) is 15.8 Å². The summed E-state index contributed by atoms with van der Waals surface area (Å²) in [6, 6.07) is 17.9. The Balaban J connectivity index is 1.49. The van der Waals surface area contributed by atoms with Gasteiger partial charge in [-0.05, 0) is 65.8 Å². The number of benzene rings is 3. The van der Waals surface area contributed by atoms with Crippen LogP contribution in [0.2, 0.25) is 0 Å². The Morgan fingerprint density at radius 3 is 2.44 bits per heavy atom. The normalized spacial score (nSPS) is 14.8. The predicted octanol–water partition coefficient (Wildman–Crippen LogP) is 4.14. The van der Waals surface area contributed by atoms with E-state index in [1.54, 1.807) is 36.4 Å². The van der Waals surface area contributed by atoms with Crippen molar-refractivity contribution in [2.75, 3.05) is 4.90 Å². The molecule has 0 bridgehead atoms. The molecule has 0 saturated carbocycles. The van der Waals surface area contributed by atoms with Crippen LogP contribution in [0.3, 0.4) is 0 Å². The first-order chi connectivity index (χ1) is 16.3. The molecule has 0 atom stereocenters. The number of carbonyl (C=O) groups excluding carboxylic acids is 2. The molecule has 1 aliphatic heterocycles. The molecule has 4 rings (SSSR count). The van der Waals surface area contributed by atoms with Crippen molar-refractivity contribution in [3.05, 3.63) is 105 Å². The first-order valence-electron chi connectivity index (χ1n) is 9.95. The summed E-state index contributed by atoms with van der Waals surface area (Å²) in [6.45, 7) is 0.132. The van der Waals surface area contributed by atoms with Gasteiger partial charge in [0.25, 0.3) is 17.5 Å². The highest BCUT2D eigenvalue weighted by molar-refractivity contribution is 7.80. The van der Waals surface area contributed by atoms with Gasteiger partial charge in [0.15, 0.2) is 5.11 Å². The third-order valence-corrected chi connectivity index (χ3v) is 5.19. The van der Waals surface area contributed by atoms with Crippen LogP contribution in [0.15, 0.2) is 78.4 Å². The molecule has 0 radical (unpaired) electrons. The lowest BCUT2D eigenvalue weighted by Gasteiger charge is -2.28. The van der Waals surface area contributed by atoms with Crippen molar-refractivity contribution in [2.24, 2.45) is 0 Å². The van der Waals surface area contributed by atoms with Crippen molar-refractivity contribution in [1.82, 2.24) is 5.32 Å². The Bertz CT molecular complexity index is 1320. The van der Waals surface area contributed by atoms with Crippen molar-refractivity contribution in [1.29, 1.82) is 0 Å². The zero-order chi connectivity index (χ0) is 24.2. The van der Waals surface area contributed by atoms with E-state index in [9.17, 15) is 24.1 Å².